The van der Waals surface area contributed by atoms with E-state index in [9.17, 15) is 4.79 Å². The molecule has 1 aliphatic rings. The van der Waals surface area contributed by atoms with Gasteiger partial charge in [-0.3, -0.25) is 9.69 Å². The summed E-state index contributed by atoms with van der Waals surface area (Å²) in [6, 6.07) is 11.3. The number of fused-ring (bicyclic) bond motifs is 1. The molecule has 9 heteroatoms. The van der Waals surface area contributed by atoms with Crippen molar-refractivity contribution < 1.29 is 13.9 Å². The normalized spacial score (nSPS) is 14.4. The maximum atomic E-state index is 12.8. The number of nitrogens with zero attached hydrogens (tertiary/aromatic N) is 2. The number of nitrogens with one attached hydrogen (secondary N) is 2. The molecule has 0 radical (unpaired) electrons. The predicted octanol–water partition coefficient (Wildman–Crippen LogP) is 2.34. The van der Waals surface area contributed by atoms with Gasteiger partial charge in [-0.25, -0.2) is 0 Å². The van der Waals surface area contributed by atoms with Gasteiger partial charge in [0.25, 0.3) is 5.56 Å². The Morgan fingerprint density at radius 2 is 2.12 bits per heavy atom. The molecule has 0 aliphatic carbocycles. The quantitative estimate of drug-likeness (QED) is 0.500. The van der Waals surface area contributed by atoms with E-state index < -0.39 is 0 Å². The molecular weight excluding hydrogens is 428 g/mol. The lowest BCUT2D eigenvalue weighted by molar-refractivity contribution is 0.0357. The van der Waals surface area contributed by atoms with Crippen LogP contribution in [-0.4, -0.2) is 66.4 Å². The zero-order chi connectivity index (χ0) is 22.3. The molecule has 3 heterocycles. The van der Waals surface area contributed by atoms with Gasteiger partial charge in [0.2, 0.25) is 0 Å². The summed E-state index contributed by atoms with van der Waals surface area (Å²) in [7, 11) is 1.63. The molecule has 3 aromatic rings. The number of furan rings is 1. The summed E-state index contributed by atoms with van der Waals surface area (Å²) in [6.07, 6.45) is 1.64. The van der Waals surface area contributed by atoms with Crippen molar-refractivity contribution in [3.63, 3.8) is 0 Å². The second-order valence-corrected chi connectivity index (χ2v) is 8.08. The van der Waals surface area contributed by atoms with Crippen LogP contribution in [0.25, 0.3) is 10.9 Å². The van der Waals surface area contributed by atoms with Crippen LogP contribution < -0.4 is 15.6 Å². The fraction of sp³-hybridized carbons (Fsp3) is 0.391. The molecule has 0 bridgehead atoms. The van der Waals surface area contributed by atoms with Crippen molar-refractivity contribution in [3.8, 4) is 5.75 Å². The second-order valence-electron chi connectivity index (χ2n) is 7.69. The van der Waals surface area contributed by atoms with Crippen LogP contribution in [-0.2, 0) is 17.8 Å². The van der Waals surface area contributed by atoms with E-state index in [1.54, 1.807) is 13.4 Å². The third-order valence-corrected chi connectivity index (χ3v) is 5.96. The molecule has 1 aromatic carbocycles. The third kappa shape index (κ3) is 5.67. The minimum Gasteiger partial charge on any atom is -0.497 e. The number of aromatic amines is 1. The second kappa shape index (κ2) is 10.6. The summed E-state index contributed by atoms with van der Waals surface area (Å²) in [6.45, 7) is 5.71. The molecule has 0 atom stereocenters. The average molecular weight is 457 g/mol. The monoisotopic (exact) mass is 456 g/mol. The number of H-pyrrole nitrogens is 1. The van der Waals surface area contributed by atoms with Gasteiger partial charge in [0.15, 0.2) is 5.11 Å². The van der Waals surface area contributed by atoms with E-state index in [0.29, 0.717) is 30.3 Å². The minimum absolute atomic E-state index is 0.118. The van der Waals surface area contributed by atoms with Crippen molar-refractivity contribution in [1.29, 1.82) is 0 Å². The number of thiocarbonyl (C=S) groups is 1. The van der Waals surface area contributed by atoms with E-state index in [2.05, 4.69) is 15.2 Å². The molecule has 0 spiro atoms. The van der Waals surface area contributed by atoms with Gasteiger partial charge < -0.3 is 29.1 Å². The smallest absolute Gasteiger partial charge is 0.253 e. The molecule has 1 fully saturated rings. The van der Waals surface area contributed by atoms with Gasteiger partial charge in [-0.15, -0.1) is 0 Å². The molecule has 1 aliphatic heterocycles. The van der Waals surface area contributed by atoms with E-state index in [0.717, 1.165) is 55.3 Å². The number of methoxy groups -OCH3 is 1. The molecule has 4 rings (SSSR count). The highest BCUT2D eigenvalue weighted by atomic mass is 32.1. The maximum Gasteiger partial charge on any atom is 0.253 e. The van der Waals surface area contributed by atoms with Crippen LogP contribution in [0.15, 0.2) is 51.9 Å². The number of ether oxygens (including phenoxy) is 2. The summed E-state index contributed by atoms with van der Waals surface area (Å²) in [5.74, 6) is 1.55. The van der Waals surface area contributed by atoms with Crippen LogP contribution in [0, 0.1) is 0 Å². The van der Waals surface area contributed by atoms with Gasteiger partial charge in [-0.05, 0) is 48.6 Å². The van der Waals surface area contributed by atoms with Crippen molar-refractivity contribution in [2.75, 3.05) is 46.5 Å². The van der Waals surface area contributed by atoms with Crippen molar-refractivity contribution in [3.05, 3.63) is 64.3 Å². The van der Waals surface area contributed by atoms with E-state index in [1.165, 1.54) is 0 Å². The molecule has 2 N–H and O–H groups in total. The standard InChI is InChI=1S/C23H28N4O4S/c1-29-19-4-5-21-17(14-19)13-18(22(28)25-21)16-27(7-6-26-8-11-30-12-9-26)23(32)24-15-20-3-2-10-31-20/h2-5,10,13-14H,6-9,11-12,15-16H2,1H3,(H,24,32)(H,25,28). The molecule has 2 aromatic heterocycles. The number of aromatic nitrogens is 1. The molecular formula is C23H28N4O4S. The third-order valence-electron chi connectivity index (χ3n) is 5.56. The van der Waals surface area contributed by atoms with Crippen LogP contribution in [0.3, 0.4) is 0 Å². The molecule has 1 saturated heterocycles. The fourth-order valence-electron chi connectivity index (χ4n) is 3.71. The van der Waals surface area contributed by atoms with E-state index >= 15 is 0 Å². The van der Waals surface area contributed by atoms with E-state index in [1.807, 2.05) is 41.3 Å². The average Bonchev–Trinajstić information content (AvgIpc) is 3.34. The predicted molar refractivity (Wildman–Crippen MR) is 127 cm³/mol. The number of pyridine rings is 1. The lowest BCUT2D eigenvalue weighted by Gasteiger charge is -2.31. The van der Waals surface area contributed by atoms with Gasteiger partial charge in [-0.1, -0.05) is 0 Å². The summed E-state index contributed by atoms with van der Waals surface area (Å²) >= 11 is 5.69. The first-order valence-corrected chi connectivity index (χ1v) is 11.1. The molecule has 0 saturated carbocycles. The minimum atomic E-state index is -0.118. The summed E-state index contributed by atoms with van der Waals surface area (Å²) in [4.78, 5) is 20.1. The number of morpholine rings is 1. The largest absolute Gasteiger partial charge is 0.497 e. The number of rotatable bonds is 8. The Morgan fingerprint density at radius 3 is 2.88 bits per heavy atom. The van der Waals surface area contributed by atoms with E-state index in [4.69, 9.17) is 26.1 Å². The first-order valence-electron chi connectivity index (χ1n) is 10.7. The maximum absolute atomic E-state index is 12.8. The first-order chi connectivity index (χ1) is 15.6. The molecule has 0 unspecified atom stereocenters. The number of hydrogen-bond acceptors (Lipinski definition) is 6. The Kier molecular flexibility index (Phi) is 7.41. The van der Waals surface area contributed by atoms with Gasteiger partial charge in [0.05, 0.1) is 39.7 Å². The Labute approximate surface area is 192 Å². The Hall–Kier alpha value is -2.88. The summed E-state index contributed by atoms with van der Waals surface area (Å²) < 4.78 is 16.2. The fourth-order valence-corrected chi connectivity index (χ4v) is 3.93. The van der Waals surface area contributed by atoms with Crippen LogP contribution in [0.2, 0.25) is 0 Å². The molecule has 170 valence electrons. The van der Waals surface area contributed by atoms with Crippen LogP contribution in [0.1, 0.15) is 11.3 Å². The zero-order valence-electron chi connectivity index (χ0n) is 18.1. The van der Waals surface area contributed by atoms with Crippen molar-refractivity contribution in [2.24, 2.45) is 0 Å². The highest BCUT2D eigenvalue weighted by molar-refractivity contribution is 7.80. The Balaban J connectivity index is 1.51. The Bertz CT molecular complexity index is 1090. The van der Waals surface area contributed by atoms with Gasteiger partial charge in [-0.2, -0.15) is 0 Å². The number of hydrogen-bond donors (Lipinski definition) is 2. The molecule has 0 amide bonds. The van der Waals surface area contributed by atoms with Gasteiger partial charge >= 0.3 is 0 Å². The SMILES string of the molecule is COc1ccc2[nH]c(=O)c(CN(CCN3CCOCC3)C(=S)NCc3ccco3)cc2c1. The number of benzene rings is 1. The lowest BCUT2D eigenvalue weighted by atomic mass is 10.1. The van der Waals surface area contributed by atoms with Crippen molar-refractivity contribution in [2.45, 2.75) is 13.1 Å². The first kappa shape index (κ1) is 22.3. The van der Waals surface area contributed by atoms with Crippen LogP contribution in [0.5, 0.6) is 5.75 Å². The highest BCUT2D eigenvalue weighted by Gasteiger charge is 2.17. The van der Waals surface area contributed by atoms with Crippen molar-refractivity contribution >= 4 is 28.2 Å². The van der Waals surface area contributed by atoms with Crippen LogP contribution >= 0.6 is 12.2 Å². The lowest BCUT2D eigenvalue weighted by Crippen LogP contribution is -2.46. The van der Waals surface area contributed by atoms with Gasteiger partial charge in [0, 0.05) is 42.6 Å². The van der Waals surface area contributed by atoms with Gasteiger partial charge in [0.1, 0.15) is 11.5 Å². The highest BCUT2D eigenvalue weighted by Crippen LogP contribution is 2.19. The summed E-state index contributed by atoms with van der Waals surface area (Å²) in [5, 5.41) is 4.76. The zero-order valence-corrected chi connectivity index (χ0v) is 19.0. The topological polar surface area (TPSA) is 83.0 Å². The van der Waals surface area contributed by atoms with Crippen LogP contribution in [0.4, 0.5) is 0 Å². The Morgan fingerprint density at radius 1 is 1.28 bits per heavy atom. The molecule has 32 heavy (non-hydrogen) atoms. The summed E-state index contributed by atoms with van der Waals surface area (Å²) in [5.41, 5.74) is 1.31. The van der Waals surface area contributed by atoms with Crippen molar-refractivity contribution in [1.82, 2.24) is 20.1 Å². The van der Waals surface area contributed by atoms with E-state index in [-0.39, 0.29) is 5.56 Å². The molecule has 8 nitrogen and oxygen atoms in total.